The monoisotopic (exact) mass is 570 g/mol. The Hall–Kier alpha value is -3.60. The largest absolute Gasteiger partial charge is 0.507 e. The van der Waals surface area contributed by atoms with E-state index in [2.05, 4.69) is 46.9 Å². The number of hydrogen-bond donors (Lipinski definition) is 3. The van der Waals surface area contributed by atoms with Gasteiger partial charge in [0, 0.05) is 5.69 Å². The summed E-state index contributed by atoms with van der Waals surface area (Å²) in [5, 5.41) is 28.2. The van der Waals surface area contributed by atoms with Crippen molar-refractivity contribution in [3.05, 3.63) is 81.8 Å². The lowest BCUT2D eigenvalue weighted by Crippen LogP contribution is -2.16. The molecule has 12 heteroatoms. The maximum atomic E-state index is 12.6. The molecule has 0 fully saturated rings. The SMILES string of the molecule is CC(C)(C)c1ccc(-n2nnnc2SCC(=O)Nc2ccc(NC(=O)c3ccccc3O)cc2Cl)c(Cl)c1. The lowest BCUT2D eigenvalue weighted by Gasteiger charge is -2.20. The zero-order valence-electron chi connectivity index (χ0n) is 20.7. The summed E-state index contributed by atoms with van der Waals surface area (Å²) in [4.78, 5) is 25.0. The van der Waals surface area contributed by atoms with Crippen LogP contribution in [0.2, 0.25) is 10.0 Å². The van der Waals surface area contributed by atoms with Crippen LogP contribution in [0.3, 0.4) is 0 Å². The van der Waals surface area contributed by atoms with E-state index in [1.165, 1.54) is 22.9 Å². The van der Waals surface area contributed by atoms with Gasteiger partial charge in [-0.05, 0) is 63.9 Å². The van der Waals surface area contributed by atoms with Crippen molar-refractivity contribution >= 4 is 58.2 Å². The van der Waals surface area contributed by atoms with Crippen molar-refractivity contribution in [1.29, 1.82) is 0 Å². The van der Waals surface area contributed by atoms with E-state index in [4.69, 9.17) is 23.2 Å². The van der Waals surface area contributed by atoms with E-state index in [9.17, 15) is 14.7 Å². The molecule has 3 N–H and O–H groups in total. The van der Waals surface area contributed by atoms with Gasteiger partial charge in [-0.15, -0.1) is 5.10 Å². The molecule has 3 aromatic carbocycles. The van der Waals surface area contributed by atoms with Gasteiger partial charge in [0.05, 0.1) is 32.7 Å². The molecule has 0 atom stereocenters. The summed E-state index contributed by atoms with van der Waals surface area (Å²) >= 11 is 14.0. The van der Waals surface area contributed by atoms with E-state index >= 15 is 0 Å². The number of anilines is 2. The summed E-state index contributed by atoms with van der Waals surface area (Å²) in [6.07, 6.45) is 0. The van der Waals surface area contributed by atoms with Gasteiger partial charge in [0.25, 0.3) is 5.91 Å². The highest BCUT2D eigenvalue weighted by molar-refractivity contribution is 7.99. The van der Waals surface area contributed by atoms with Gasteiger partial charge in [-0.2, -0.15) is 4.68 Å². The lowest BCUT2D eigenvalue weighted by molar-refractivity contribution is -0.113. The average Bonchev–Trinajstić information content (AvgIpc) is 3.32. The number of benzene rings is 3. The number of aromatic nitrogens is 4. The summed E-state index contributed by atoms with van der Waals surface area (Å²) in [6.45, 7) is 6.30. The Morgan fingerprint density at radius 3 is 2.45 bits per heavy atom. The predicted molar refractivity (Wildman–Crippen MR) is 150 cm³/mol. The van der Waals surface area contributed by atoms with E-state index in [0.717, 1.165) is 17.3 Å². The second kappa shape index (κ2) is 11.4. The first-order valence-electron chi connectivity index (χ1n) is 11.4. The maximum absolute atomic E-state index is 12.6. The molecule has 196 valence electrons. The number of halogens is 2. The van der Waals surface area contributed by atoms with Gasteiger partial charge in [-0.3, -0.25) is 9.59 Å². The number of carbonyl (C=O) groups is 2. The molecule has 38 heavy (non-hydrogen) atoms. The smallest absolute Gasteiger partial charge is 0.259 e. The average molecular weight is 571 g/mol. The number of tetrazole rings is 1. The van der Waals surface area contributed by atoms with Crippen LogP contribution in [0.1, 0.15) is 36.7 Å². The second-order valence-electron chi connectivity index (χ2n) is 9.29. The Labute approximate surface area is 233 Å². The maximum Gasteiger partial charge on any atom is 0.259 e. The minimum atomic E-state index is -0.488. The number of nitrogens with one attached hydrogen (secondary N) is 2. The lowest BCUT2D eigenvalue weighted by atomic mass is 9.87. The molecular weight excluding hydrogens is 547 g/mol. The molecule has 0 saturated carbocycles. The topological polar surface area (TPSA) is 122 Å². The number of nitrogens with zero attached hydrogens (tertiary/aromatic N) is 4. The summed E-state index contributed by atoms with van der Waals surface area (Å²) in [6, 6.07) is 16.6. The quantitative estimate of drug-likeness (QED) is 0.234. The molecule has 0 spiro atoms. The van der Waals surface area contributed by atoms with Crippen molar-refractivity contribution in [3.8, 4) is 11.4 Å². The molecule has 2 amide bonds. The Morgan fingerprint density at radius 2 is 1.76 bits per heavy atom. The van der Waals surface area contributed by atoms with Gasteiger partial charge in [-0.1, -0.05) is 73.9 Å². The van der Waals surface area contributed by atoms with E-state index < -0.39 is 5.91 Å². The fourth-order valence-corrected chi connectivity index (χ4v) is 4.61. The van der Waals surface area contributed by atoms with Gasteiger partial charge in [-0.25, -0.2) is 0 Å². The number of rotatable bonds is 7. The zero-order chi connectivity index (χ0) is 27.4. The van der Waals surface area contributed by atoms with Crippen molar-refractivity contribution in [2.24, 2.45) is 0 Å². The Bertz CT molecular complexity index is 1500. The first-order chi connectivity index (χ1) is 18.0. The number of thioether (sulfide) groups is 1. The number of para-hydroxylation sites is 1. The molecule has 0 aliphatic rings. The van der Waals surface area contributed by atoms with E-state index in [1.807, 2.05) is 18.2 Å². The predicted octanol–water partition coefficient (Wildman–Crippen LogP) is 5.96. The van der Waals surface area contributed by atoms with Gasteiger partial charge in [0.2, 0.25) is 11.1 Å². The van der Waals surface area contributed by atoms with Gasteiger partial charge in [0.1, 0.15) is 5.75 Å². The van der Waals surface area contributed by atoms with Crippen molar-refractivity contribution in [2.75, 3.05) is 16.4 Å². The van der Waals surface area contributed by atoms with Crippen LogP contribution < -0.4 is 10.6 Å². The molecule has 0 radical (unpaired) electrons. The van der Waals surface area contributed by atoms with Crippen LogP contribution in [0.25, 0.3) is 5.69 Å². The third-order valence-corrected chi connectivity index (χ3v) is 7.00. The van der Waals surface area contributed by atoms with E-state index in [0.29, 0.717) is 27.2 Å². The first-order valence-corrected chi connectivity index (χ1v) is 13.2. The third-order valence-electron chi connectivity index (χ3n) is 5.46. The van der Waals surface area contributed by atoms with Crippen LogP contribution in [0.4, 0.5) is 11.4 Å². The molecule has 9 nitrogen and oxygen atoms in total. The molecule has 0 bridgehead atoms. The summed E-state index contributed by atoms with van der Waals surface area (Å²) in [5.74, 6) is -0.933. The molecular formula is C26H24Cl2N6O3S. The number of hydrogen-bond acceptors (Lipinski definition) is 7. The fraction of sp³-hybridized carbons (Fsp3) is 0.192. The van der Waals surface area contributed by atoms with Crippen molar-refractivity contribution in [2.45, 2.75) is 31.3 Å². The molecule has 1 heterocycles. The van der Waals surface area contributed by atoms with Gasteiger partial charge >= 0.3 is 0 Å². The normalized spacial score (nSPS) is 11.3. The second-order valence-corrected chi connectivity index (χ2v) is 11.0. The number of amides is 2. The molecule has 0 unspecified atom stereocenters. The highest BCUT2D eigenvalue weighted by Gasteiger charge is 2.19. The minimum absolute atomic E-state index is 0.0141. The molecule has 0 aliphatic carbocycles. The Kier molecular flexibility index (Phi) is 8.25. The molecule has 1 aromatic heterocycles. The molecule has 0 aliphatic heterocycles. The van der Waals surface area contributed by atoms with Crippen LogP contribution in [0, 0.1) is 0 Å². The molecule has 4 aromatic rings. The van der Waals surface area contributed by atoms with E-state index in [-0.39, 0.29) is 33.4 Å². The summed E-state index contributed by atoms with van der Waals surface area (Å²) < 4.78 is 1.49. The Balaban J connectivity index is 1.38. The summed E-state index contributed by atoms with van der Waals surface area (Å²) in [5.41, 5.74) is 2.54. The number of aromatic hydroxyl groups is 1. The fourth-order valence-electron chi connectivity index (χ4n) is 3.44. The summed E-state index contributed by atoms with van der Waals surface area (Å²) in [7, 11) is 0. The molecule has 0 saturated heterocycles. The highest BCUT2D eigenvalue weighted by Crippen LogP contribution is 2.31. The third kappa shape index (κ3) is 6.45. The minimum Gasteiger partial charge on any atom is -0.507 e. The van der Waals surface area contributed by atoms with Crippen molar-refractivity contribution in [1.82, 2.24) is 20.2 Å². The number of phenols is 1. The van der Waals surface area contributed by atoms with Gasteiger partial charge < -0.3 is 15.7 Å². The zero-order valence-corrected chi connectivity index (χ0v) is 23.0. The number of phenolic OH excluding ortho intramolecular Hbond substituents is 1. The standard InChI is InChI=1S/C26H24Cl2N6O3S/c1-26(2,3)15-8-11-21(19(28)12-15)34-25(31-32-33-34)38-14-23(36)30-20-10-9-16(13-18(20)27)29-24(37)17-6-4-5-7-22(17)35/h4-13,35H,14H2,1-3H3,(H,29,37)(H,30,36). The first kappa shape index (κ1) is 27.4. The van der Waals surface area contributed by atoms with Crippen LogP contribution in [0.15, 0.2) is 65.8 Å². The van der Waals surface area contributed by atoms with E-state index in [1.54, 1.807) is 24.3 Å². The number of carbonyl (C=O) groups excluding carboxylic acids is 2. The van der Waals surface area contributed by atoms with Crippen LogP contribution in [0.5, 0.6) is 5.75 Å². The van der Waals surface area contributed by atoms with Gasteiger partial charge in [0.15, 0.2) is 0 Å². The van der Waals surface area contributed by atoms with Crippen LogP contribution in [-0.4, -0.2) is 42.9 Å². The van der Waals surface area contributed by atoms with Crippen molar-refractivity contribution in [3.63, 3.8) is 0 Å². The molecule has 4 rings (SSSR count). The Morgan fingerprint density at radius 1 is 1.00 bits per heavy atom. The van der Waals surface area contributed by atoms with Crippen LogP contribution >= 0.6 is 35.0 Å². The highest BCUT2D eigenvalue weighted by atomic mass is 35.5. The van der Waals surface area contributed by atoms with Crippen molar-refractivity contribution < 1.29 is 14.7 Å². The van der Waals surface area contributed by atoms with Crippen LogP contribution in [-0.2, 0) is 10.2 Å².